The number of nitrogens with one attached hydrogen (secondary N) is 1. The number of hydrogen-bond donors (Lipinski definition) is 1. The second kappa shape index (κ2) is 10.7. The van der Waals surface area contributed by atoms with Crippen molar-refractivity contribution in [2.45, 2.75) is 38.5 Å². The topological polar surface area (TPSA) is 102 Å². The van der Waals surface area contributed by atoms with E-state index < -0.39 is 6.04 Å². The molecule has 0 bridgehead atoms. The van der Waals surface area contributed by atoms with Crippen LogP contribution >= 0.6 is 0 Å². The van der Waals surface area contributed by atoms with E-state index in [1.165, 1.54) is 0 Å². The Kier molecular flexibility index (Phi) is 6.99. The van der Waals surface area contributed by atoms with Crippen LogP contribution in [0.5, 0.6) is 0 Å². The number of carbonyl (C=O) groups is 2. The number of rotatable bonds is 8. The molecule has 4 aromatic rings. The Morgan fingerprint density at radius 3 is 2.67 bits per heavy atom. The first-order valence-electron chi connectivity index (χ1n) is 12.1. The fraction of sp³-hybridized carbons (Fsp3) is 0.296. The number of pyridine rings is 1. The Bertz CT molecular complexity index is 1350. The number of benzene rings is 2. The summed E-state index contributed by atoms with van der Waals surface area (Å²) in [4.78, 5) is 33.4. The van der Waals surface area contributed by atoms with Gasteiger partial charge >= 0.3 is 0 Å². The Balaban J connectivity index is 1.53. The summed E-state index contributed by atoms with van der Waals surface area (Å²) >= 11 is 0. The predicted octanol–water partition coefficient (Wildman–Crippen LogP) is 3.20. The fourth-order valence-corrected chi connectivity index (χ4v) is 4.57. The molecule has 2 amide bonds. The molecule has 2 aromatic carbocycles. The molecule has 9 nitrogen and oxygen atoms in total. The number of aryl methyl sites for hydroxylation is 1. The minimum absolute atomic E-state index is 0.0174. The normalized spacial score (nSPS) is 16.1. The third-order valence-corrected chi connectivity index (χ3v) is 6.41. The average Bonchev–Trinajstić information content (AvgIpc) is 3.57. The highest BCUT2D eigenvalue weighted by Crippen LogP contribution is 2.31. The number of ether oxygens (including phenoxy) is 1. The zero-order chi connectivity index (χ0) is 24.9. The Morgan fingerprint density at radius 2 is 1.89 bits per heavy atom. The van der Waals surface area contributed by atoms with Gasteiger partial charge in [-0.1, -0.05) is 35.5 Å². The number of para-hydroxylation sites is 2. The molecular weight excluding hydrogens is 456 g/mol. The van der Waals surface area contributed by atoms with Gasteiger partial charge in [0.05, 0.1) is 11.6 Å². The second-order valence-electron chi connectivity index (χ2n) is 8.85. The molecule has 36 heavy (non-hydrogen) atoms. The molecule has 0 unspecified atom stereocenters. The molecule has 3 heterocycles. The summed E-state index contributed by atoms with van der Waals surface area (Å²) in [5.41, 5.74) is 3.64. The number of hydrogen-bond acceptors (Lipinski definition) is 6. The number of fused-ring (bicyclic) bond motifs is 1. The zero-order valence-electron chi connectivity index (χ0n) is 20.1. The van der Waals surface area contributed by atoms with Crippen LogP contribution in [-0.2, 0) is 20.9 Å². The molecule has 2 aromatic heterocycles. The van der Waals surface area contributed by atoms with Gasteiger partial charge in [0.2, 0.25) is 11.8 Å². The predicted molar refractivity (Wildman–Crippen MR) is 135 cm³/mol. The molecule has 1 aliphatic heterocycles. The van der Waals surface area contributed by atoms with Crippen LogP contribution in [-0.4, -0.2) is 51.0 Å². The van der Waals surface area contributed by atoms with E-state index in [4.69, 9.17) is 4.74 Å². The van der Waals surface area contributed by atoms with Gasteiger partial charge in [-0.05, 0) is 61.2 Å². The Hall–Kier alpha value is -4.11. The first-order valence-corrected chi connectivity index (χ1v) is 12.1. The van der Waals surface area contributed by atoms with Crippen molar-refractivity contribution in [2.24, 2.45) is 0 Å². The van der Waals surface area contributed by atoms with E-state index in [0.717, 1.165) is 23.9 Å². The lowest BCUT2D eigenvalue weighted by Crippen LogP contribution is -2.47. The smallest absolute Gasteiger partial charge is 0.249 e. The standard InChI is InChI=1S/C27H28N6O3/c1-19-7-2-4-10-23(19)33(25(34)18-32-24-11-5-3-9-22(24)30-31-32)26(20-12-14-28-15-13-20)27(35)29-17-21-8-6-16-36-21/h2-5,7,9-15,21,26H,6,8,16-18H2,1H3,(H,29,35)/t21-,26-/m1/s1. The maximum atomic E-state index is 14.0. The molecule has 0 saturated carbocycles. The Morgan fingerprint density at radius 1 is 1.11 bits per heavy atom. The summed E-state index contributed by atoms with van der Waals surface area (Å²) in [5, 5.41) is 11.4. The van der Waals surface area contributed by atoms with E-state index in [9.17, 15) is 9.59 Å². The second-order valence-corrected chi connectivity index (χ2v) is 8.85. The highest BCUT2D eigenvalue weighted by molar-refractivity contribution is 6.02. The van der Waals surface area contributed by atoms with Gasteiger partial charge in [0.25, 0.3) is 0 Å². The quantitative estimate of drug-likeness (QED) is 0.412. The molecule has 1 N–H and O–H groups in total. The molecule has 0 radical (unpaired) electrons. The van der Waals surface area contributed by atoms with Crippen molar-refractivity contribution in [1.29, 1.82) is 0 Å². The van der Waals surface area contributed by atoms with Crippen LogP contribution in [0.25, 0.3) is 11.0 Å². The van der Waals surface area contributed by atoms with Crippen LogP contribution in [0.2, 0.25) is 0 Å². The minimum Gasteiger partial charge on any atom is -0.376 e. The van der Waals surface area contributed by atoms with Crippen molar-refractivity contribution in [2.75, 3.05) is 18.1 Å². The monoisotopic (exact) mass is 484 g/mol. The van der Waals surface area contributed by atoms with Gasteiger partial charge in [-0.3, -0.25) is 19.5 Å². The molecule has 184 valence electrons. The van der Waals surface area contributed by atoms with Gasteiger partial charge in [-0.25, -0.2) is 4.68 Å². The number of anilines is 1. The van der Waals surface area contributed by atoms with Crippen LogP contribution in [0.15, 0.2) is 73.1 Å². The molecule has 1 saturated heterocycles. The third-order valence-electron chi connectivity index (χ3n) is 6.41. The lowest BCUT2D eigenvalue weighted by molar-refractivity contribution is -0.127. The summed E-state index contributed by atoms with van der Waals surface area (Å²) < 4.78 is 7.25. The molecule has 1 aliphatic rings. The molecule has 0 aliphatic carbocycles. The van der Waals surface area contributed by atoms with Gasteiger partial charge in [0, 0.05) is 31.2 Å². The maximum absolute atomic E-state index is 14.0. The number of nitrogens with zero attached hydrogens (tertiary/aromatic N) is 5. The van der Waals surface area contributed by atoms with E-state index in [2.05, 4.69) is 20.6 Å². The van der Waals surface area contributed by atoms with E-state index in [-0.39, 0.29) is 24.5 Å². The average molecular weight is 485 g/mol. The van der Waals surface area contributed by atoms with E-state index in [1.807, 2.05) is 55.5 Å². The molecule has 9 heteroatoms. The molecule has 0 spiro atoms. The van der Waals surface area contributed by atoms with E-state index >= 15 is 0 Å². The van der Waals surface area contributed by atoms with Crippen molar-refractivity contribution < 1.29 is 14.3 Å². The summed E-state index contributed by atoms with van der Waals surface area (Å²) in [5.74, 6) is -0.564. The minimum atomic E-state index is -0.905. The van der Waals surface area contributed by atoms with E-state index in [1.54, 1.807) is 34.1 Å². The van der Waals surface area contributed by atoms with Crippen LogP contribution in [0.4, 0.5) is 5.69 Å². The molecule has 5 rings (SSSR count). The van der Waals surface area contributed by atoms with Gasteiger partial charge < -0.3 is 10.1 Å². The number of aromatic nitrogens is 4. The zero-order valence-corrected chi connectivity index (χ0v) is 20.1. The van der Waals surface area contributed by atoms with Crippen LogP contribution in [0.3, 0.4) is 0 Å². The maximum Gasteiger partial charge on any atom is 0.249 e. The summed E-state index contributed by atoms with van der Waals surface area (Å²) in [6.07, 6.45) is 5.12. The lowest BCUT2D eigenvalue weighted by Gasteiger charge is -2.32. The van der Waals surface area contributed by atoms with Crippen molar-refractivity contribution in [3.8, 4) is 0 Å². The van der Waals surface area contributed by atoms with Crippen molar-refractivity contribution in [3.63, 3.8) is 0 Å². The van der Waals surface area contributed by atoms with Gasteiger partial charge in [-0.15, -0.1) is 5.10 Å². The fourth-order valence-electron chi connectivity index (χ4n) is 4.57. The number of amides is 2. The first kappa shape index (κ1) is 23.6. The van der Waals surface area contributed by atoms with Crippen LogP contribution in [0.1, 0.15) is 30.0 Å². The van der Waals surface area contributed by atoms with Gasteiger partial charge in [-0.2, -0.15) is 0 Å². The summed E-state index contributed by atoms with van der Waals surface area (Å²) in [7, 11) is 0. The van der Waals surface area contributed by atoms with Gasteiger partial charge in [0.15, 0.2) is 0 Å². The first-order chi connectivity index (χ1) is 17.6. The number of carbonyl (C=O) groups excluding carboxylic acids is 2. The molecular formula is C27H28N6O3. The highest BCUT2D eigenvalue weighted by Gasteiger charge is 2.34. The lowest BCUT2D eigenvalue weighted by atomic mass is 10.0. The van der Waals surface area contributed by atoms with Crippen molar-refractivity contribution in [1.82, 2.24) is 25.3 Å². The summed E-state index contributed by atoms with van der Waals surface area (Å²) in [6, 6.07) is 17.6. The van der Waals surface area contributed by atoms with Crippen LogP contribution in [0, 0.1) is 6.92 Å². The van der Waals surface area contributed by atoms with Crippen molar-refractivity contribution in [3.05, 3.63) is 84.2 Å². The van der Waals surface area contributed by atoms with Crippen LogP contribution < -0.4 is 10.2 Å². The molecule has 1 fully saturated rings. The van der Waals surface area contributed by atoms with Gasteiger partial charge in [0.1, 0.15) is 18.1 Å². The summed E-state index contributed by atoms with van der Waals surface area (Å²) in [6.45, 7) is 2.95. The highest BCUT2D eigenvalue weighted by atomic mass is 16.5. The van der Waals surface area contributed by atoms with E-state index in [0.29, 0.717) is 29.9 Å². The SMILES string of the molecule is Cc1ccccc1N(C(=O)Cn1nnc2ccccc21)[C@@H](C(=O)NC[C@H]1CCCO1)c1ccncc1. The molecule has 2 atom stereocenters. The van der Waals surface area contributed by atoms with Crippen molar-refractivity contribution >= 4 is 28.5 Å². The third kappa shape index (κ3) is 4.96. The Labute approximate surface area is 209 Å². The largest absolute Gasteiger partial charge is 0.376 e.